The van der Waals surface area contributed by atoms with Gasteiger partial charge < -0.3 is 4.90 Å². The van der Waals surface area contributed by atoms with Gasteiger partial charge in [-0.15, -0.1) is 11.3 Å². The average Bonchev–Trinajstić information content (AvgIpc) is 2.87. The quantitative estimate of drug-likeness (QED) is 0.842. The van der Waals surface area contributed by atoms with Crippen molar-refractivity contribution in [2.45, 2.75) is 20.3 Å². The number of aryl methyl sites for hydroxylation is 1. The summed E-state index contributed by atoms with van der Waals surface area (Å²) in [5.41, 5.74) is 2.09. The van der Waals surface area contributed by atoms with Crippen LogP contribution in [-0.2, 0) is 6.42 Å². The molecule has 0 N–H and O–H groups in total. The number of carbonyl (C=O) groups excluding carboxylic acids is 1. The number of carbonyl (C=O) groups is 1. The van der Waals surface area contributed by atoms with Gasteiger partial charge in [0.2, 0.25) is 0 Å². The van der Waals surface area contributed by atoms with E-state index in [1.807, 2.05) is 36.3 Å². The lowest BCUT2D eigenvalue weighted by Crippen LogP contribution is -2.32. The van der Waals surface area contributed by atoms with Crippen molar-refractivity contribution in [3.05, 3.63) is 46.2 Å². The first-order valence-corrected chi connectivity index (χ1v) is 7.19. The van der Waals surface area contributed by atoms with E-state index in [0.717, 1.165) is 12.1 Å². The largest absolute Gasteiger partial charge is 0.337 e. The van der Waals surface area contributed by atoms with Gasteiger partial charge in [0, 0.05) is 36.6 Å². The van der Waals surface area contributed by atoms with E-state index < -0.39 is 0 Å². The summed E-state index contributed by atoms with van der Waals surface area (Å²) in [5, 5.41) is 2.48. The first-order chi connectivity index (χ1) is 9.20. The monoisotopic (exact) mass is 275 g/mol. The van der Waals surface area contributed by atoms with Gasteiger partial charge in [0.25, 0.3) is 5.91 Å². The second-order valence-electron chi connectivity index (χ2n) is 4.28. The van der Waals surface area contributed by atoms with Crippen molar-refractivity contribution in [2.75, 3.05) is 13.1 Å². The lowest BCUT2D eigenvalue weighted by Gasteiger charge is -2.19. The zero-order valence-electron chi connectivity index (χ0n) is 11.2. The van der Waals surface area contributed by atoms with Crippen LogP contribution in [-0.4, -0.2) is 33.9 Å². The number of hydrogen-bond acceptors (Lipinski definition) is 4. The Balaban J connectivity index is 1.98. The minimum Gasteiger partial charge on any atom is -0.337 e. The van der Waals surface area contributed by atoms with Gasteiger partial charge in [-0.05, 0) is 38.0 Å². The molecule has 1 amide bonds. The molecule has 100 valence electrons. The van der Waals surface area contributed by atoms with Crippen LogP contribution in [0.25, 0.3) is 0 Å². The van der Waals surface area contributed by atoms with Crippen molar-refractivity contribution in [1.29, 1.82) is 0 Å². The molecule has 0 fully saturated rings. The molecule has 0 aliphatic heterocycles. The summed E-state index contributed by atoms with van der Waals surface area (Å²) in [5.74, 6) is 0.0228. The maximum absolute atomic E-state index is 12.3. The maximum Gasteiger partial charge on any atom is 0.282 e. The fourth-order valence-electron chi connectivity index (χ4n) is 1.80. The van der Waals surface area contributed by atoms with Gasteiger partial charge in [-0.1, -0.05) is 0 Å². The summed E-state index contributed by atoms with van der Waals surface area (Å²) in [6, 6.07) is 3.96. The summed E-state index contributed by atoms with van der Waals surface area (Å²) in [4.78, 5) is 22.3. The molecular weight excluding hydrogens is 258 g/mol. The third-order valence-electron chi connectivity index (χ3n) is 2.89. The summed E-state index contributed by atoms with van der Waals surface area (Å²) in [7, 11) is 0. The second kappa shape index (κ2) is 6.43. The van der Waals surface area contributed by atoms with E-state index in [0.29, 0.717) is 18.1 Å². The van der Waals surface area contributed by atoms with E-state index >= 15 is 0 Å². The Labute approximate surface area is 117 Å². The molecular formula is C14H17N3OS. The van der Waals surface area contributed by atoms with E-state index in [9.17, 15) is 4.79 Å². The molecule has 2 heterocycles. The van der Waals surface area contributed by atoms with E-state index in [-0.39, 0.29) is 5.91 Å². The lowest BCUT2D eigenvalue weighted by molar-refractivity contribution is 0.0765. The zero-order chi connectivity index (χ0) is 13.7. The van der Waals surface area contributed by atoms with Crippen molar-refractivity contribution >= 4 is 17.2 Å². The van der Waals surface area contributed by atoms with Crippen LogP contribution in [0.15, 0.2) is 29.9 Å². The fourth-order valence-corrected chi connectivity index (χ4v) is 2.57. The number of hydrogen-bond donors (Lipinski definition) is 0. The molecule has 2 aromatic heterocycles. The van der Waals surface area contributed by atoms with Gasteiger partial charge in [-0.2, -0.15) is 0 Å². The molecule has 0 bridgehead atoms. The van der Waals surface area contributed by atoms with Crippen molar-refractivity contribution in [2.24, 2.45) is 0 Å². The molecule has 0 saturated heterocycles. The van der Waals surface area contributed by atoms with E-state index in [1.165, 1.54) is 16.9 Å². The summed E-state index contributed by atoms with van der Waals surface area (Å²) >= 11 is 1.41. The van der Waals surface area contributed by atoms with Gasteiger partial charge >= 0.3 is 0 Å². The Bertz CT molecular complexity index is 539. The Morgan fingerprint density at radius 3 is 2.68 bits per heavy atom. The summed E-state index contributed by atoms with van der Waals surface area (Å²) in [6.45, 7) is 5.30. The molecule has 2 rings (SSSR count). The number of likely N-dealkylation sites (N-methyl/N-ethyl adjacent to an activating group) is 1. The van der Waals surface area contributed by atoms with Crippen LogP contribution in [0.2, 0.25) is 0 Å². The number of nitrogens with zero attached hydrogens (tertiary/aromatic N) is 3. The molecule has 5 heteroatoms. The molecule has 0 unspecified atom stereocenters. The highest BCUT2D eigenvalue weighted by atomic mass is 32.1. The molecule has 0 atom stereocenters. The minimum atomic E-state index is 0.0228. The normalized spacial score (nSPS) is 10.4. The average molecular weight is 275 g/mol. The molecule has 0 aliphatic rings. The molecule has 0 radical (unpaired) electrons. The first-order valence-electron chi connectivity index (χ1n) is 6.31. The van der Waals surface area contributed by atoms with Crippen LogP contribution < -0.4 is 0 Å². The van der Waals surface area contributed by atoms with Gasteiger partial charge in [-0.3, -0.25) is 9.78 Å². The zero-order valence-corrected chi connectivity index (χ0v) is 12.0. The van der Waals surface area contributed by atoms with Gasteiger partial charge in [-0.25, -0.2) is 4.98 Å². The SMILES string of the molecule is CCN(CCc1ccncc1)C(=O)c1nc(C)cs1. The van der Waals surface area contributed by atoms with Gasteiger partial charge in [0.15, 0.2) is 5.01 Å². The van der Waals surface area contributed by atoms with Crippen molar-refractivity contribution < 1.29 is 4.79 Å². The standard InChI is InChI=1S/C14H17N3OS/c1-3-17(9-6-12-4-7-15-8-5-12)14(18)13-16-11(2)10-19-13/h4-5,7-8,10H,3,6,9H2,1-2H3. The van der Waals surface area contributed by atoms with Gasteiger partial charge in [0.1, 0.15) is 0 Å². The van der Waals surface area contributed by atoms with Crippen molar-refractivity contribution in [3.63, 3.8) is 0 Å². The van der Waals surface area contributed by atoms with Crippen molar-refractivity contribution in [1.82, 2.24) is 14.9 Å². The smallest absolute Gasteiger partial charge is 0.282 e. The highest BCUT2D eigenvalue weighted by molar-refractivity contribution is 7.11. The van der Waals surface area contributed by atoms with Crippen LogP contribution in [0.1, 0.15) is 28.0 Å². The number of rotatable bonds is 5. The Morgan fingerprint density at radius 2 is 2.11 bits per heavy atom. The molecule has 0 aliphatic carbocycles. The Kier molecular flexibility index (Phi) is 4.63. The van der Waals surface area contributed by atoms with Crippen LogP contribution >= 0.6 is 11.3 Å². The third-order valence-corrected chi connectivity index (χ3v) is 3.84. The van der Waals surface area contributed by atoms with Crippen LogP contribution in [0, 0.1) is 6.92 Å². The maximum atomic E-state index is 12.3. The van der Waals surface area contributed by atoms with Crippen LogP contribution in [0.4, 0.5) is 0 Å². The van der Waals surface area contributed by atoms with Crippen molar-refractivity contribution in [3.8, 4) is 0 Å². The highest BCUT2D eigenvalue weighted by Gasteiger charge is 2.16. The molecule has 0 saturated carbocycles. The molecule has 0 spiro atoms. The highest BCUT2D eigenvalue weighted by Crippen LogP contribution is 2.12. The van der Waals surface area contributed by atoms with Gasteiger partial charge in [0.05, 0.1) is 0 Å². The number of pyridine rings is 1. The Hall–Kier alpha value is -1.75. The number of thiazole rings is 1. The molecule has 4 nitrogen and oxygen atoms in total. The van der Waals surface area contributed by atoms with E-state index in [1.54, 1.807) is 12.4 Å². The predicted octanol–water partition coefficient (Wildman–Crippen LogP) is 2.55. The predicted molar refractivity (Wildman–Crippen MR) is 76.4 cm³/mol. The van der Waals surface area contributed by atoms with Crippen LogP contribution in [0.3, 0.4) is 0 Å². The van der Waals surface area contributed by atoms with E-state index in [2.05, 4.69) is 9.97 Å². The first kappa shape index (κ1) is 13.7. The van der Waals surface area contributed by atoms with E-state index in [4.69, 9.17) is 0 Å². The number of amides is 1. The molecule has 19 heavy (non-hydrogen) atoms. The summed E-state index contributed by atoms with van der Waals surface area (Å²) < 4.78 is 0. The molecule has 0 aromatic carbocycles. The third kappa shape index (κ3) is 3.61. The summed E-state index contributed by atoms with van der Waals surface area (Å²) in [6.07, 6.45) is 4.39. The molecule has 2 aromatic rings. The number of aromatic nitrogens is 2. The fraction of sp³-hybridized carbons (Fsp3) is 0.357. The lowest BCUT2D eigenvalue weighted by atomic mass is 10.2. The Morgan fingerprint density at radius 1 is 1.37 bits per heavy atom. The van der Waals surface area contributed by atoms with Crippen LogP contribution in [0.5, 0.6) is 0 Å². The minimum absolute atomic E-state index is 0.0228. The topological polar surface area (TPSA) is 46.1 Å². The second-order valence-corrected chi connectivity index (χ2v) is 5.14.